The van der Waals surface area contributed by atoms with Crippen LogP contribution in [0.4, 0.5) is 0 Å². The van der Waals surface area contributed by atoms with Gasteiger partial charge in [0, 0.05) is 13.2 Å². The molecule has 0 aromatic carbocycles. The molecule has 0 radical (unpaired) electrons. The first-order valence-corrected chi connectivity index (χ1v) is 4.22. The molecule has 0 bridgehead atoms. The minimum atomic E-state index is 0.861. The second-order valence-corrected chi connectivity index (χ2v) is 2.84. The van der Waals surface area contributed by atoms with Gasteiger partial charge in [-0.25, -0.2) is 0 Å². The maximum Gasteiger partial charge on any atom is 0.0469 e. The fourth-order valence-electron chi connectivity index (χ4n) is 1.36. The summed E-state index contributed by atoms with van der Waals surface area (Å²) in [7, 11) is 0. The van der Waals surface area contributed by atoms with Crippen LogP contribution in [0.1, 0.15) is 19.8 Å². The zero-order chi connectivity index (χ0) is 7.23. The highest BCUT2D eigenvalue weighted by molar-refractivity contribution is 4.70. The minimum absolute atomic E-state index is 0.861. The highest BCUT2D eigenvalue weighted by Gasteiger charge is 2.12. The first-order chi connectivity index (χ1) is 4.93. The summed E-state index contributed by atoms with van der Waals surface area (Å²) in [5, 5.41) is 3.34. The van der Waals surface area contributed by atoms with Gasteiger partial charge in [-0.1, -0.05) is 0 Å². The molecular weight excluding hydrogens is 126 g/mol. The van der Waals surface area contributed by atoms with Gasteiger partial charge in [-0.3, -0.25) is 0 Å². The van der Waals surface area contributed by atoms with Gasteiger partial charge in [0.25, 0.3) is 0 Å². The van der Waals surface area contributed by atoms with E-state index >= 15 is 0 Å². The van der Waals surface area contributed by atoms with Gasteiger partial charge in [-0.05, 0) is 38.8 Å². The molecular formula is C8H17NO. The highest BCUT2D eigenvalue weighted by Crippen LogP contribution is 2.11. The Bertz CT molecular complexity index is 79.3. The monoisotopic (exact) mass is 143 g/mol. The lowest BCUT2D eigenvalue weighted by Crippen LogP contribution is -2.10. The van der Waals surface area contributed by atoms with Gasteiger partial charge in [-0.2, -0.15) is 0 Å². The van der Waals surface area contributed by atoms with Gasteiger partial charge < -0.3 is 10.1 Å². The summed E-state index contributed by atoms with van der Waals surface area (Å²) in [5.41, 5.74) is 0. The van der Waals surface area contributed by atoms with Crippen LogP contribution in [-0.2, 0) is 4.74 Å². The average Bonchev–Trinajstić information content (AvgIpc) is 2.41. The molecule has 1 saturated heterocycles. The van der Waals surface area contributed by atoms with Crippen LogP contribution in [0, 0.1) is 5.92 Å². The summed E-state index contributed by atoms with van der Waals surface area (Å²) in [6.07, 6.45) is 2.58. The van der Waals surface area contributed by atoms with Crippen molar-refractivity contribution in [3.63, 3.8) is 0 Å². The van der Waals surface area contributed by atoms with Crippen LogP contribution in [0.2, 0.25) is 0 Å². The molecule has 1 heterocycles. The molecule has 1 rings (SSSR count). The van der Waals surface area contributed by atoms with Gasteiger partial charge in [0.05, 0.1) is 0 Å². The van der Waals surface area contributed by atoms with Crippen molar-refractivity contribution in [3.8, 4) is 0 Å². The Balaban J connectivity index is 1.91. The number of rotatable bonds is 4. The third-order valence-electron chi connectivity index (χ3n) is 2.04. The van der Waals surface area contributed by atoms with Gasteiger partial charge in [0.1, 0.15) is 0 Å². The van der Waals surface area contributed by atoms with Gasteiger partial charge in [0.2, 0.25) is 0 Å². The quantitative estimate of drug-likeness (QED) is 0.593. The molecule has 10 heavy (non-hydrogen) atoms. The summed E-state index contributed by atoms with van der Waals surface area (Å²) in [6.45, 7) is 6.26. The van der Waals surface area contributed by atoms with Crippen molar-refractivity contribution in [1.82, 2.24) is 5.32 Å². The molecule has 0 aromatic rings. The Labute approximate surface area is 63.0 Å². The molecule has 0 aromatic heterocycles. The van der Waals surface area contributed by atoms with Crippen LogP contribution in [0.3, 0.4) is 0 Å². The second kappa shape index (κ2) is 4.69. The van der Waals surface area contributed by atoms with Crippen molar-refractivity contribution in [3.05, 3.63) is 0 Å². The highest BCUT2D eigenvalue weighted by atomic mass is 16.5. The molecule has 0 unspecified atom stereocenters. The maximum atomic E-state index is 5.27. The van der Waals surface area contributed by atoms with E-state index in [0.29, 0.717) is 0 Å². The van der Waals surface area contributed by atoms with E-state index in [4.69, 9.17) is 4.74 Å². The zero-order valence-electron chi connectivity index (χ0n) is 6.73. The molecule has 0 spiro atoms. The summed E-state index contributed by atoms with van der Waals surface area (Å²) in [6, 6.07) is 0. The summed E-state index contributed by atoms with van der Waals surface area (Å²) < 4.78 is 5.27. The van der Waals surface area contributed by atoms with Crippen LogP contribution in [0.25, 0.3) is 0 Å². The summed E-state index contributed by atoms with van der Waals surface area (Å²) in [4.78, 5) is 0. The topological polar surface area (TPSA) is 21.3 Å². The van der Waals surface area contributed by atoms with Crippen LogP contribution in [-0.4, -0.2) is 26.3 Å². The molecule has 2 nitrogen and oxygen atoms in total. The van der Waals surface area contributed by atoms with Crippen LogP contribution >= 0.6 is 0 Å². The third-order valence-corrected chi connectivity index (χ3v) is 2.04. The Morgan fingerprint density at radius 2 is 2.50 bits per heavy atom. The Morgan fingerprint density at radius 1 is 1.60 bits per heavy atom. The molecule has 0 saturated carbocycles. The fourth-order valence-corrected chi connectivity index (χ4v) is 1.36. The van der Waals surface area contributed by atoms with Crippen molar-refractivity contribution in [1.29, 1.82) is 0 Å². The van der Waals surface area contributed by atoms with Gasteiger partial charge >= 0.3 is 0 Å². The van der Waals surface area contributed by atoms with E-state index in [1.165, 1.54) is 25.9 Å². The first kappa shape index (κ1) is 8.02. The van der Waals surface area contributed by atoms with Crippen molar-refractivity contribution in [2.24, 2.45) is 5.92 Å². The predicted octanol–water partition coefficient (Wildman–Crippen LogP) is 1.02. The SMILES string of the molecule is CCOCC[C@H]1CCNC1. The molecule has 0 amide bonds. The van der Waals surface area contributed by atoms with Gasteiger partial charge in [-0.15, -0.1) is 0 Å². The zero-order valence-corrected chi connectivity index (χ0v) is 6.73. The van der Waals surface area contributed by atoms with E-state index in [0.717, 1.165) is 19.1 Å². The van der Waals surface area contributed by atoms with E-state index in [1.54, 1.807) is 0 Å². The van der Waals surface area contributed by atoms with Gasteiger partial charge in [0.15, 0.2) is 0 Å². The summed E-state index contributed by atoms with van der Waals surface area (Å²) in [5.74, 6) is 0.881. The molecule has 1 aliphatic rings. The smallest absolute Gasteiger partial charge is 0.0469 e. The van der Waals surface area contributed by atoms with E-state index in [9.17, 15) is 0 Å². The maximum absolute atomic E-state index is 5.27. The standard InChI is InChI=1S/C8H17NO/c1-2-10-6-4-8-3-5-9-7-8/h8-9H,2-7H2,1H3/t8-/m1/s1. The number of hydrogen-bond donors (Lipinski definition) is 1. The molecule has 1 aliphatic heterocycles. The second-order valence-electron chi connectivity index (χ2n) is 2.84. The lowest BCUT2D eigenvalue weighted by Gasteiger charge is -2.06. The lowest BCUT2D eigenvalue weighted by atomic mass is 10.1. The summed E-state index contributed by atoms with van der Waals surface area (Å²) >= 11 is 0. The van der Waals surface area contributed by atoms with E-state index in [2.05, 4.69) is 5.32 Å². The molecule has 0 aliphatic carbocycles. The lowest BCUT2D eigenvalue weighted by molar-refractivity contribution is 0.134. The third kappa shape index (κ3) is 2.67. The normalized spacial score (nSPS) is 25.5. The Morgan fingerprint density at radius 3 is 3.10 bits per heavy atom. The molecule has 1 N–H and O–H groups in total. The Kier molecular flexibility index (Phi) is 3.76. The molecule has 2 heteroatoms. The van der Waals surface area contributed by atoms with Crippen LogP contribution in [0.15, 0.2) is 0 Å². The largest absolute Gasteiger partial charge is 0.382 e. The van der Waals surface area contributed by atoms with Crippen molar-refractivity contribution < 1.29 is 4.74 Å². The fraction of sp³-hybridized carbons (Fsp3) is 1.00. The van der Waals surface area contributed by atoms with Crippen LogP contribution in [0.5, 0.6) is 0 Å². The molecule has 1 atom stereocenters. The first-order valence-electron chi connectivity index (χ1n) is 4.22. The number of hydrogen-bond acceptors (Lipinski definition) is 2. The Hall–Kier alpha value is -0.0800. The average molecular weight is 143 g/mol. The van der Waals surface area contributed by atoms with E-state index in [1.807, 2.05) is 6.92 Å². The minimum Gasteiger partial charge on any atom is -0.382 e. The van der Waals surface area contributed by atoms with Crippen molar-refractivity contribution in [2.45, 2.75) is 19.8 Å². The molecule has 60 valence electrons. The van der Waals surface area contributed by atoms with E-state index < -0.39 is 0 Å². The number of nitrogens with one attached hydrogen (secondary N) is 1. The van der Waals surface area contributed by atoms with E-state index in [-0.39, 0.29) is 0 Å². The van der Waals surface area contributed by atoms with Crippen molar-refractivity contribution >= 4 is 0 Å². The molecule has 1 fully saturated rings. The van der Waals surface area contributed by atoms with Crippen molar-refractivity contribution in [2.75, 3.05) is 26.3 Å². The van der Waals surface area contributed by atoms with Crippen LogP contribution < -0.4 is 5.32 Å². The number of ether oxygens (including phenoxy) is 1. The predicted molar refractivity (Wildman–Crippen MR) is 42.1 cm³/mol.